The van der Waals surface area contributed by atoms with E-state index in [2.05, 4.69) is 11.6 Å². The summed E-state index contributed by atoms with van der Waals surface area (Å²) in [5.74, 6) is -0.117. The van der Waals surface area contributed by atoms with Gasteiger partial charge in [0.1, 0.15) is 0 Å². The van der Waals surface area contributed by atoms with E-state index in [1.54, 1.807) is 0 Å². The summed E-state index contributed by atoms with van der Waals surface area (Å²) >= 11 is 4.98. The van der Waals surface area contributed by atoms with Gasteiger partial charge in [-0.25, -0.2) is 13.1 Å². The van der Waals surface area contributed by atoms with Crippen LogP contribution in [0.25, 0.3) is 0 Å². The number of rotatable bonds is 6. The average Bonchev–Trinajstić information content (AvgIpc) is 2.29. The molecule has 0 aromatic carbocycles. The van der Waals surface area contributed by atoms with Crippen LogP contribution in [0, 0.1) is 5.92 Å². The van der Waals surface area contributed by atoms with Gasteiger partial charge in [-0.1, -0.05) is 19.1 Å². The Balaban J connectivity index is 2.68. The third kappa shape index (κ3) is 6.07. The summed E-state index contributed by atoms with van der Waals surface area (Å²) < 4.78 is 62.7. The molecule has 0 radical (unpaired) electrons. The molecule has 0 aromatic rings. The smallest absolute Gasteiger partial charge is 0.389 e. The molecule has 0 aliphatic heterocycles. The third-order valence-electron chi connectivity index (χ3n) is 3.82. The van der Waals surface area contributed by atoms with Crippen LogP contribution >= 0.6 is 12.2 Å². The van der Waals surface area contributed by atoms with Crippen LogP contribution in [0.15, 0.2) is 0 Å². The number of hydrogen-bond donors (Lipinski definition) is 2. The number of nitrogens with two attached hydrogens (primary N) is 1. The number of sulfonamides is 1. The number of nitrogens with one attached hydrogen (secondary N) is 1. The van der Waals surface area contributed by atoms with E-state index < -0.39 is 40.3 Å². The Kier molecular flexibility index (Phi) is 6.02. The molecule has 1 aliphatic carbocycles. The molecule has 4 nitrogen and oxygen atoms in total. The summed E-state index contributed by atoms with van der Waals surface area (Å²) in [5, 5.41) is 0. The van der Waals surface area contributed by atoms with E-state index in [1.165, 1.54) is 0 Å². The Morgan fingerprint density at radius 1 is 1.38 bits per heavy atom. The second-order valence-electron chi connectivity index (χ2n) is 5.77. The fourth-order valence-electron chi connectivity index (χ4n) is 2.47. The van der Waals surface area contributed by atoms with Gasteiger partial charge in [0, 0.05) is 6.42 Å². The fourth-order valence-corrected chi connectivity index (χ4v) is 4.32. The molecule has 0 heterocycles. The van der Waals surface area contributed by atoms with Crippen molar-refractivity contribution in [3.05, 3.63) is 0 Å². The van der Waals surface area contributed by atoms with E-state index >= 15 is 0 Å². The molecular formula is C12H21F3N2O2S2. The van der Waals surface area contributed by atoms with Crippen molar-refractivity contribution < 1.29 is 21.6 Å². The minimum Gasteiger partial charge on any atom is -0.392 e. The van der Waals surface area contributed by atoms with Gasteiger partial charge in [0.25, 0.3) is 0 Å². The Labute approximate surface area is 128 Å². The molecule has 1 rings (SSSR count). The van der Waals surface area contributed by atoms with Gasteiger partial charge in [-0.05, 0) is 38.0 Å². The SMILES string of the molecule is CC1CCC(NS(=O)(=O)CCCC(F)(F)F)(C(N)=S)CC1. The molecule has 0 aromatic heterocycles. The fraction of sp³-hybridized carbons (Fsp3) is 0.917. The first-order valence-corrected chi connectivity index (χ1v) is 8.90. The Hall–Kier alpha value is -0.410. The van der Waals surface area contributed by atoms with Gasteiger partial charge in [0.05, 0.1) is 16.3 Å². The van der Waals surface area contributed by atoms with Crippen LogP contribution in [0.2, 0.25) is 0 Å². The molecule has 1 aliphatic rings. The largest absolute Gasteiger partial charge is 0.392 e. The van der Waals surface area contributed by atoms with Crippen molar-refractivity contribution >= 4 is 27.2 Å². The van der Waals surface area contributed by atoms with Crippen LogP contribution in [0.1, 0.15) is 45.4 Å². The maximum absolute atomic E-state index is 12.1. The first-order chi connectivity index (χ1) is 9.46. The van der Waals surface area contributed by atoms with E-state index in [9.17, 15) is 21.6 Å². The topological polar surface area (TPSA) is 72.2 Å². The Morgan fingerprint density at radius 2 is 1.90 bits per heavy atom. The quantitative estimate of drug-likeness (QED) is 0.725. The predicted octanol–water partition coefficient (Wildman–Crippen LogP) is 2.48. The van der Waals surface area contributed by atoms with Crippen molar-refractivity contribution in [3.63, 3.8) is 0 Å². The lowest BCUT2D eigenvalue weighted by Crippen LogP contribution is -2.58. The highest BCUT2D eigenvalue weighted by molar-refractivity contribution is 7.89. The highest BCUT2D eigenvalue weighted by Gasteiger charge is 2.40. The normalized spacial score (nSPS) is 27.5. The minimum atomic E-state index is -4.35. The number of halogens is 3. The number of thiocarbonyl (C=S) groups is 1. The maximum Gasteiger partial charge on any atom is 0.389 e. The number of hydrogen-bond acceptors (Lipinski definition) is 3. The standard InChI is InChI=1S/C12H21F3N2O2S2/c1-9-3-6-11(7-4-9,10(16)20)17-21(18,19)8-2-5-12(13,14)15/h9,17H,2-8H2,1H3,(H2,16,20). The average molecular weight is 346 g/mol. The van der Waals surface area contributed by atoms with Gasteiger partial charge in [-0.15, -0.1) is 0 Å². The molecule has 3 N–H and O–H groups in total. The highest BCUT2D eigenvalue weighted by atomic mass is 32.2. The zero-order valence-corrected chi connectivity index (χ0v) is 13.5. The van der Waals surface area contributed by atoms with Crippen LogP contribution in [0.5, 0.6) is 0 Å². The lowest BCUT2D eigenvalue weighted by atomic mass is 9.78. The molecule has 0 atom stereocenters. The molecule has 1 fully saturated rings. The molecule has 0 bridgehead atoms. The van der Waals surface area contributed by atoms with E-state index in [0.717, 1.165) is 12.8 Å². The zero-order chi connectivity index (χ0) is 16.3. The molecule has 0 spiro atoms. The zero-order valence-electron chi connectivity index (χ0n) is 11.9. The molecular weight excluding hydrogens is 325 g/mol. The van der Waals surface area contributed by atoms with E-state index in [4.69, 9.17) is 18.0 Å². The predicted molar refractivity (Wildman–Crippen MR) is 79.4 cm³/mol. The maximum atomic E-state index is 12.1. The summed E-state index contributed by atoms with van der Waals surface area (Å²) in [6.45, 7) is 2.06. The molecule has 9 heteroatoms. The van der Waals surface area contributed by atoms with E-state index in [1.807, 2.05) is 0 Å². The van der Waals surface area contributed by atoms with Crippen LogP contribution in [-0.4, -0.2) is 30.9 Å². The molecule has 124 valence electrons. The van der Waals surface area contributed by atoms with E-state index in [-0.39, 0.29) is 4.99 Å². The van der Waals surface area contributed by atoms with Crippen molar-refractivity contribution in [2.45, 2.75) is 57.2 Å². The Bertz CT molecular complexity index is 469. The van der Waals surface area contributed by atoms with E-state index in [0.29, 0.717) is 18.8 Å². The lowest BCUT2D eigenvalue weighted by molar-refractivity contribution is -0.134. The molecule has 1 saturated carbocycles. The molecule has 0 amide bonds. The van der Waals surface area contributed by atoms with Crippen LogP contribution < -0.4 is 10.5 Å². The Morgan fingerprint density at radius 3 is 2.33 bits per heavy atom. The first kappa shape index (κ1) is 18.6. The van der Waals surface area contributed by atoms with Crippen molar-refractivity contribution in [1.29, 1.82) is 0 Å². The van der Waals surface area contributed by atoms with Crippen molar-refractivity contribution in [2.24, 2.45) is 11.7 Å². The van der Waals surface area contributed by atoms with Gasteiger partial charge in [-0.2, -0.15) is 13.2 Å². The van der Waals surface area contributed by atoms with Crippen LogP contribution in [0.3, 0.4) is 0 Å². The van der Waals surface area contributed by atoms with Crippen molar-refractivity contribution in [1.82, 2.24) is 4.72 Å². The van der Waals surface area contributed by atoms with Gasteiger partial charge in [-0.3, -0.25) is 0 Å². The molecule has 21 heavy (non-hydrogen) atoms. The lowest BCUT2D eigenvalue weighted by Gasteiger charge is -2.38. The van der Waals surface area contributed by atoms with Gasteiger partial charge >= 0.3 is 6.18 Å². The van der Waals surface area contributed by atoms with Crippen molar-refractivity contribution in [3.8, 4) is 0 Å². The second kappa shape index (κ2) is 6.78. The van der Waals surface area contributed by atoms with Gasteiger partial charge in [0.2, 0.25) is 10.0 Å². The summed E-state index contributed by atoms with van der Waals surface area (Å²) in [6.07, 6.45) is -3.40. The summed E-state index contributed by atoms with van der Waals surface area (Å²) in [4.78, 5) is 0.0637. The highest BCUT2D eigenvalue weighted by Crippen LogP contribution is 2.33. The third-order valence-corrected chi connectivity index (χ3v) is 5.74. The second-order valence-corrected chi connectivity index (χ2v) is 8.05. The monoisotopic (exact) mass is 346 g/mol. The first-order valence-electron chi connectivity index (χ1n) is 6.84. The van der Waals surface area contributed by atoms with Crippen LogP contribution in [-0.2, 0) is 10.0 Å². The summed E-state index contributed by atoms with van der Waals surface area (Å²) in [6, 6.07) is 0. The van der Waals surface area contributed by atoms with Gasteiger partial charge < -0.3 is 5.73 Å². The van der Waals surface area contributed by atoms with Crippen molar-refractivity contribution in [2.75, 3.05) is 5.75 Å². The minimum absolute atomic E-state index is 0.0637. The number of alkyl halides is 3. The summed E-state index contributed by atoms with van der Waals surface area (Å²) in [7, 11) is -3.84. The van der Waals surface area contributed by atoms with Crippen LogP contribution in [0.4, 0.5) is 13.2 Å². The van der Waals surface area contributed by atoms with Gasteiger partial charge in [0.15, 0.2) is 0 Å². The molecule has 0 unspecified atom stereocenters. The molecule has 0 saturated heterocycles. The summed E-state index contributed by atoms with van der Waals surface area (Å²) in [5.41, 5.74) is 4.69.